The third kappa shape index (κ3) is 2.28. The molecule has 0 atom stereocenters. The highest BCUT2D eigenvalue weighted by molar-refractivity contribution is 5.95. The minimum absolute atomic E-state index is 0.147. The third-order valence-corrected chi connectivity index (χ3v) is 6.74. The van der Waals surface area contributed by atoms with E-state index < -0.39 is 24.0 Å². The van der Waals surface area contributed by atoms with Crippen LogP contribution >= 0.6 is 0 Å². The molecule has 0 radical (unpaired) electrons. The summed E-state index contributed by atoms with van der Waals surface area (Å²) in [6.07, 6.45) is 1.69. The Bertz CT molecular complexity index is 1270. The van der Waals surface area contributed by atoms with Gasteiger partial charge in [0.1, 0.15) is 23.0 Å². The Balaban J connectivity index is 1.33. The van der Waals surface area contributed by atoms with Crippen molar-refractivity contribution in [1.29, 1.82) is 0 Å². The molecule has 2 N–H and O–H groups in total. The van der Waals surface area contributed by atoms with Gasteiger partial charge in [0, 0.05) is 24.2 Å². The number of ether oxygens (including phenoxy) is 4. The lowest BCUT2D eigenvalue weighted by Gasteiger charge is -2.47. The highest BCUT2D eigenvalue weighted by atomic mass is 16.7. The van der Waals surface area contributed by atoms with Gasteiger partial charge in [0.15, 0.2) is 0 Å². The average molecular weight is 430 g/mol. The Morgan fingerprint density at radius 3 is 1.44 bits per heavy atom. The van der Waals surface area contributed by atoms with Gasteiger partial charge in [-0.3, -0.25) is 9.97 Å². The number of aromatic nitrogens is 2. The van der Waals surface area contributed by atoms with Gasteiger partial charge in [0.2, 0.25) is 13.6 Å². The van der Waals surface area contributed by atoms with Crippen LogP contribution in [0.5, 0.6) is 23.0 Å². The molecule has 7 rings (SSSR count). The molecule has 0 saturated heterocycles. The first-order chi connectivity index (χ1) is 15.7. The van der Waals surface area contributed by atoms with Gasteiger partial charge in [0.05, 0.1) is 34.0 Å². The lowest BCUT2D eigenvalue weighted by Crippen LogP contribution is -2.51. The SMILES string of the molecule is OC1C(c2ccc3c4c(ccnc24)OCO3)C(O)C1c1ccc2c3c(ccnc13)OCO2. The van der Waals surface area contributed by atoms with Crippen molar-refractivity contribution in [2.24, 2.45) is 0 Å². The normalized spacial score (nSPS) is 25.3. The fourth-order valence-electron chi connectivity index (χ4n) is 5.23. The van der Waals surface area contributed by atoms with Crippen molar-refractivity contribution in [2.45, 2.75) is 24.0 Å². The molecule has 0 bridgehead atoms. The van der Waals surface area contributed by atoms with Crippen molar-refractivity contribution in [2.75, 3.05) is 13.6 Å². The van der Waals surface area contributed by atoms with E-state index in [1.165, 1.54) is 0 Å². The Labute approximate surface area is 182 Å². The largest absolute Gasteiger partial charge is 0.457 e. The number of pyridine rings is 2. The molecule has 2 aromatic heterocycles. The van der Waals surface area contributed by atoms with Crippen LogP contribution in [0.2, 0.25) is 0 Å². The fourth-order valence-corrected chi connectivity index (χ4v) is 5.23. The lowest BCUT2D eigenvalue weighted by molar-refractivity contribution is -0.0777. The van der Waals surface area contributed by atoms with E-state index in [9.17, 15) is 10.2 Å². The Kier molecular flexibility index (Phi) is 3.62. The summed E-state index contributed by atoms with van der Waals surface area (Å²) in [5, 5.41) is 24.0. The molecule has 32 heavy (non-hydrogen) atoms. The molecule has 3 aliphatic rings. The zero-order chi connectivity index (χ0) is 21.4. The maximum Gasteiger partial charge on any atom is 0.230 e. The zero-order valence-corrected chi connectivity index (χ0v) is 16.8. The second-order valence-corrected chi connectivity index (χ2v) is 8.22. The summed E-state index contributed by atoms with van der Waals surface area (Å²) in [4.78, 5) is 9.04. The van der Waals surface area contributed by atoms with Gasteiger partial charge in [-0.1, -0.05) is 12.1 Å². The van der Waals surface area contributed by atoms with E-state index >= 15 is 0 Å². The van der Waals surface area contributed by atoms with Crippen LogP contribution < -0.4 is 18.9 Å². The van der Waals surface area contributed by atoms with Crippen molar-refractivity contribution in [3.05, 3.63) is 59.9 Å². The van der Waals surface area contributed by atoms with Crippen LogP contribution in [0.3, 0.4) is 0 Å². The van der Waals surface area contributed by atoms with E-state index in [4.69, 9.17) is 18.9 Å². The van der Waals surface area contributed by atoms with Crippen LogP contribution in [0.25, 0.3) is 21.8 Å². The number of hydrogen-bond donors (Lipinski definition) is 2. The van der Waals surface area contributed by atoms with Gasteiger partial charge >= 0.3 is 0 Å². The third-order valence-electron chi connectivity index (χ3n) is 6.74. The standard InChI is InChI=1S/C24H18N2O6/c27-23-17(11-1-3-13-19-15(31-9-29-13)5-7-25-21(11)19)24(28)18(23)12-2-4-14-20-16(32-10-30-14)6-8-26-22(12)20/h1-8,17-18,23-24,27-28H,9-10H2. The average Bonchev–Trinajstić information content (AvgIpc) is 2.83. The Morgan fingerprint density at radius 2 is 1.00 bits per heavy atom. The van der Waals surface area contributed by atoms with Gasteiger partial charge in [0.25, 0.3) is 0 Å². The van der Waals surface area contributed by atoms with Gasteiger partial charge < -0.3 is 29.2 Å². The van der Waals surface area contributed by atoms with Crippen molar-refractivity contribution in [1.82, 2.24) is 9.97 Å². The first-order valence-electron chi connectivity index (χ1n) is 10.4. The van der Waals surface area contributed by atoms with Crippen molar-refractivity contribution < 1.29 is 29.2 Å². The Morgan fingerprint density at radius 1 is 0.594 bits per heavy atom. The number of hydrogen-bond acceptors (Lipinski definition) is 8. The van der Waals surface area contributed by atoms with E-state index in [1.54, 1.807) is 24.5 Å². The predicted octanol–water partition coefficient (Wildman–Crippen LogP) is 2.84. The highest BCUT2D eigenvalue weighted by Crippen LogP contribution is 2.53. The fraction of sp³-hybridized carbons (Fsp3) is 0.250. The molecule has 8 heteroatoms. The van der Waals surface area contributed by atoms with Crippen LogP contribution in [-0.4, -0.2) is 46.0 Å². The number of aliphatic hydroxyl groups excluding tert-OH is 2. The molecule has 2 aliphatic heterocycles. The van der Waals surface area contributed by atoms with Gasteiger partial charge in [-0.05, 0) is 35.4 Å². The first-order valence-corrected chi connectivity index (χ1v) is 10.4. The quantitative estimate of drug-likeness (QED) is 0.501. The van der Waals surface area contributed by atoms with E-state index in [0.29, 0.717) is 34.0 Å². The van der Waals surface area contributed by atoms with E-state index in [-0.39, 0.29) is 13.6 Å². The van der Waals surface area contributed by atoms with Crippen LogP contribution in [-0.2, 0) is 0 Å². The Hall–Kier alpha value is -3.62. The van der Waals surface area contributed by atoms with Gasteiger partial charge in [-0.15, -0.1) is 0 Å². The van der Waals surface area contributed by atoms with Crippen molar-refractivity contribution in [3.63, 3.8) is 0 Å². The maximum absolute atomic E-state index is 11.2. The molecule has 1 fully saturated rings. The molecule has 160 valence electrons. The molecule has 0 unspecified atom stereocenters. The maximum atomic E-state index is 11.2. The molecular weight excluding hydrogens is 412 g/mol. The predicted molar refractivity (Wildman–Crippen MR) is 113 cm³/mol. The molecule has 1 saturated carbocycles. The number of rotatable bonds is 2. The van der Waals surface area contributed by atoms with Crippen LogP contribution in [0.4, 0.5) is 0 Å². The summed E-state index contributed by atoms with van der Waals surface area (Å²) in [5.74, 6) is 1.74. The summed E-state index contributed by atoms with van der Waals surface area (Å²) in [6.45, 7) is 0.293. The van der Waals surface area contributed by atoms with Crippen molar-refractivity contribution >= 4 is 21.8 Å². The lowest BCUT2D eigenvalue weighted by atomic mass is 9.62. The molecule has 2 aromatic carbocycles. The van der Waals surface area contributed by atoms with E-state index in [0.717, 1.165) is 21.9 Å². The molecular formula is C24H18N2O6. The number of benzene rings is 2. The molecule has 0 spiro atoms. The minimum atomic E-state index is -0.821. The highest BCUT2D eigenvalue weighted by Gasteiger charge is 2.52. The van der Waals surface area contributed by atoms with Crippen molar-refractivity contribution in [3.8, 4) is 23.0 Å². The molecule has 4 heterocycles. The summed E-state index contributed by atoms with van der Waals surface area (Å²) in [6, 6.07) is 11.0. The smallest absolute Gasteiger partial charge is 0.230 e. The topological polar surface area (TPSA) is 103 Å². The van der Waals surface area contributed by atoms with Crippen LogP contribution in [0.15, 0.2) is 48.8 Å². The van der Waals surface area contributed by atoms with Crippen LogP contribution in [0.1, 0.15) is 23.0 Å². The molecule has 1 aliphatic carbocycles. The second kappa shape index (κ2) is 6.44. The monoisotopic (exact) mass is 430 g/mol. The molecule has 4 aromatic rings. The minimum Gasteiger partial charge on any atom is -0.457 e. The van der Waals surface area contributed by atoms with Gasteiger partial charge in [-0.25, -0.2) is 0 Å². The van der Waals surface area contributed by atoms with E-state index in [1.807, 2.05) is 24.3 Å². The van der Waals surface area contributed by atoms with E-state index in [2.05, 4.69) is 9.97 Å². The zero-order valence-electron chi connectivity index (χ0n) is 16.8. The number of aliphatic hydroxyl groups is 2. The molecule has 8 nitrogen and oxygen atoms in total. The first kappa shape index (κ1) is 18.0. The molecule has 0 amide bonds. The van der Waals surface area contributed by atoms with Gasteiger partial charge in [-0.2, -0.15) is 0 Å². The summed E-state index contributed by atoms with van der Waals surface area (Å²) < 4.78 is 22.4. The summed E-state index contributed by atoms with van der Waals surface area (Å²) in [5.41, 5.74) is 2.85. The van der Waals surface area contributed by atoms with Crippen LogP contribution in [0, 0.1) is 0 Å². The number of nitrogens with zero attached hydrogens (tertiary/aromatic N) is 2. The second-order valence-electron chi connectivity index (χ2n) is 8.22. The summed E-state index contributed by atoms with van der Waals surface area (Å²) in [7, 11) is 0. The summed E-state index contributed by atoms with van der Waals surface area (Å²) >= 11 is 0.